The lowest BCUT2D eigenvalue weighted by molar-refractivity contribution is -0.129. The molecular weight excluding hydrogens is 358 g/mol. The van der Waals surface area contributed by atoms with Gasteiger partial charge in [-0.2, -0.15) is 0 Å². The minimum atomic E-state index is -0.329. The van der Waals surface area contributed by atoms with E-state index in [1.54, 1.807) is 43.5 Å². The van der Waals surface area contributed by atoms with Gasteiger partial charge in [-0.1, -0.05) is 6.07 Å². The predicted molar refractivity (Wildman–Crippen MR) is 107 cm³/mol. The van der Waals surface area contributed by atoms with Crippen LogP contribution in [0.3, 0.4) is 0 Å². The highest BCUT2D eigenvalue weighted by Crippen LogP contribution is 2.19. The first-order valence-electron chi connectivity index (χ1n) is 9.08. The summed E-state index contributed by atoms with van der Waals surface area (Å²) in [6.07, 6.45) is 1.61. The average Bonchev–Trinajstić information content (AvgIpc) is 2.68. The lowest BCUT2D eigenvalue weighted by atomic mass is 10.2. The molecule has 8 nitrogen and oxygen atoms in total. The highest BCUT2D eigenvalue weighted by atomic mass is 16.2. The van der Waals surface area contributed by atoms with Crippen LogP contribution in [0.25, 0.3) is 0 Å². The molecule has 0 bridgehead atoms. The zero-order valence-corrected chi connectivity index (χ0v) is 15.9. The number of pyridine rings is 1. The number of benzene rings is 1. The van der Waals surface area contributed by atoms with Gasteiger partial charge in [-0.05, 0) is 30.3 Å². The Hall–Kier alpha value is -3.42. The van der Waals surface area contributed by atoms with Gasteiger partial charge in [-0.3, -0.25) is 19.4 Å². The van der Waals surface area contributed by atoms with Crippen molar-refractivity contribution in [2.75, 3.05) is 41.7 Å². The van der Waals surface area contributed by atoms with E-state index in [1.165, 1.54) is 6.92 Å². The summed E-state index contributed by atoms with van der Waals surface area (Å²) in [5, 5.41) is 5.48. The van der Waals surface area contributed by atoms with E-state index in [0.29, 0.717) is 43.2 Å². The van der Waals surface area contributed by atoms with Crippen LogP contribution >= 0.6 is 0 Å². The number of amides is 3. The molecule has 1 fully saturated rings. The van der Waals surface area contributed by atoms with Gasteiger partial charge in [-0.15, -0.1) is 0 Å². The van der Waals surface area contributed by atoms with Crippen LogP contribution in [0.2, 0.25) is 0 Å². The molecule has 3 amide bonds. The Labute approximate surface area is 163 Å². The van der Waals surface area contributed by atoms with Gasteiger partial charge in [0.05, 0.1) is 0 Å². The summed E-state index contributed by atoms with van der Waals surface area (Å²) in [4.78, 5) is 43.4. The fourth-order valence-electron chi connectivity index (χ4n) is 3.09. The van der Waals surface area contributed by atoms with Crippen LogP contribution < -0.4 is 15.5 Å². The summed E-state index contributed by atoms with van der Waals surface area (Å²) >= 11 is 0. The smallest absolute Gasteiger partial charge is 0.274 e. The third kappa shape index (κ3) is 4.85. The topological polar surface area (TPSA) is 94.6 Å². The van der Waals surface area contributed by atoms with Gasteiger partial charge in [-0.25, -0.2) is 0 Å². The van der Waals surface area contributed by atoms with Gasteiger partial charge in [0.15, 0.2) is 0 Å². The predicted octanol–water partition coefficient (Wildman–Crippen LogP) is 1.96. The van der Waals surface area contributed by atoms with E-state index < -0.39 is 0 Å². The molecule has 0 radical (unpaired) electrons. The Morgan fingerprint density at radius 2 is 1.61 bits per heavy atom. The number of hydrogen-bond donors (Lipinski definition) is 2. The Balaban J connectivity index is 1.68. The Morgan fingerprint density at radius 1 is 0.929 bits per heavy atom. The second-order valence-electron chi connectivity index (χ2n) is 6.61. The maximum atomic E-state index is 12.6. The van der Waals surface area contributed by atoms with Crippen molar-refractivity contribution >= 4 is 34.8 Å². The van der Waals surface area contributed by atoms with E-state index in [9.17, 15) is 14.4 Å². The molecule has 2 N–H and O–H groups in total. The number of aromatic nitrogens is 1. The van der Waals surface area contributed by atoms with E-state index >= 15 is 0 Å². The van der Waals surface area contributed by atoms with Crippen molar-refractivity contribution in [3.05, 3.63) is 48.3 Å². The summed E-state index contributed by atoms with van der Waals surface area (Å²) in [6.45, 7) is 5.75. The molecule has 2 heterocycles. The van der Waals surface area contributed by atoms with Crippen LogP contribution in [-0.2, 0) is 9.59 Å². The Bertz CT molecular complexity index is 891. The Kier molecular flexibility index (Phi) is 5.88. The lowest BCUT2D eigenvalue weighted by Crippen LogP contribution is -2.48. The summed E-state index contributed by atoms with van der Waals surface area (Å²) in [5.74, 6) is -0.428. The SMILES string of the molecule is CC(=O)Nc1cccc(NC(=O)c2cc(N3CCN(C(C)=O)CC3)ccn2)c1. The molecular formula is C20H23N5O3. The van der Waals surface area contributed by atoms with Gasteiger partial charge in [0, 0.05) is 63.3 Å². The zero-order valence-electron chi connectivity index (χ0n) is 15.9. The molecule has 3 rings (SSSR count). The normalized spacial score (nSPS) is 13.8. The standard InChI is InChI=1S/C20H23N5O3/c1-14(26)22-16-4-3-5-17(12-16)23-20(28)19-13-18(6-7-21-19)25-10-8-24(9-11-25)15(2)27/h3-7,12-13H,8-11H2,1-2H3,(H,22,26)(H,23,28). The van der Waals surface area contributed by atoms with Crippen molar-refractivity contribution in [1.29, 1.82) is 0 Å². The quantitative estimate of drug-likeness (QED) is 0.844. The third-order valence-corrected chi connectivity index (χ3v) is 4.51. The molecule has 1 aromatic heterocycles. The highest BCUT2D eigenvalue weighted by Gasteiger charge is 2.20. The molecule has 1 aromatic carbocycles. The van der Waals surface area contributed by atoms with Crippen LogP contribution in [0.15, 0.2) is 42.6 Å². The molecule has 1 aliphatic heterocycles. The van der Waals surface area contributed by atoms with Crippen molar-refractivity contribution in [3.63, 3.8) is 0 Å². The number of nitrogens with one attached hydrogen (secondary N) is 2. The Morgan fingerprint density at radius 3 is 2.25 bits per heavy atom. The summed E-state index contributed by atoms with van der Waals surface area (Å²) in [7, 11) is 0. The number of carbonyl (C=O) groups excluding carboxylic acids is 3. The summed E-state index contributed by atoms with van der Waals surface area (Å²) in [5.41, 5.74) is 2.38. The van der Waals surface area contributed by atoms with Crippen molar-refractivity contribution < 1.29 is 14.4 Å². The average molecular weight is 381 g/mol. The van der Waals surface area contributed by atoms with Gasteiger partial charge in [0.2, 0.25) is 11.8 Å². The molecule has 0 saturated carbocycles. The molecule has 0 unspecified atom stereocenters. The van der Waals surface area contributed by atoms with E-state index in [4.69, 9.17) is 0 Å². The van der Waals surface area contributed by atoms with Crippen LogP contribution in [0, 0.1) is 0 Å². The van der Waals surface area contributed by atoms with Crippen LogP contribution in [0.5, 0.6) is 0 Å². The van der Waals surface area contributed by atoms with E-state index in [-0.39, 0.29) is 17.7 Å². The first-order valence-corrected chi connectivity index (χ1v) is 9.08. The van der Waals surface area contributed by atoms with Crippen LogP contribution in [0.1, 0.15) is 24.3 Å². The largest absolute Gasteiger partial charge is 0.368 e. The van der Waals surface area contributed by atoms with Crippen molar-refractivity contribution in [1.82, 2.24) is 9.88 Å². The number of carbonyl (C=O) groups is 3. The van der Waals surface area contributed by atoms with Crippen molar-refractivity contribution in [2.24, 2.45) is 0 Å². The number of anilines is 3. The molecule has 2 aromatic rings. The first kappa shape index (κ1) is 19.3. The van der Waals surface area contributed by atoms with Gasteiger partial charge in [0.25, 0.3) is 5.91 Å². The highest BCUT2D eigenvalue weighted by molar-refractivity contribution is 6.03. The van der Waals surface area contributed by atoms with Crippen molar-refractivity contribution in [2.45, 2.75) is 13.8 Å². The molecule has 28 heavy (non-hydrogen) atoms. The van der Waals surface area contributed by atoms with E-state index in [2.05, 4.69) is 20.5 Å². The number of nitrogens with zero attached hydrogens (tertiary/aromatic N) is 3. The third-order valence-electron chi connectivity index (χ3n) is 4.51. The first-order chi connectivity index (χ1) is 13.4. The summed E-state index contributed by atoms with van der Waals surface area (Å²) in [6, 6.07) is 10.5. The number of rotatable bonds is 4. The van der Waals surface area contributed by atoms with E-state index in [0.717, 1.165) is 5.69 Å². The molecule has 1 saturated heterocycles. The molecule has 1 aliphatic rings. The molecule has 0 aliphatic carbocycles. The zero-order chi connectivity index (χ0) is 20.1. The van der Waals surface area contributed by atoms with Gasteiger partial charge in [0.1, 0.15) is 5.69 Å². The van der Waals surface area contributed by atoms with Crippen LogP contribution in [-0.4, -0.2) is 53.8 Å². The fourth-order valence-corrected chi connectivity index (χ4v) is 3.09. The monoisotopic (exact) mass is 381 g/mol. The molecule has 0 atom stereocenters. The molecule has 0 spiro atoms. The molecule has 8 heteroatoms. The minimum Gasteiger partial charge on any atom is -0.368 e. The van der Waals surface area contributed by atoms with Crippen LogP contribution in [0.4, 0.5) is 17.1 Å². The van der Waals surface area contributed by atoms with Gasteiger partial charge < -0.3 is 20.4 Å². The van der Waals surface area contributed by atoms with E-state index in [1.807, 2.05) is 11.0 Å². The fraction of sp³-hybridized carbons (Fsp3) is 0.300. The lowest BCUT2D eigenvalue weighted by Gasteiger charge is -2.35. The van der Waals surface area contributed by atoms with Crippen molar-refractivity contribution in [3.8, 4) is 0 Å². The summed E-state index contributed by atoms with van der Waals surface area (Å²) < 4.78 is 0. The number of hydrogen-bond acceptors (Lipinski definition) is 5. The maximum absolute atomic E-state index is 12.6. The number of piperazine rings is 1. The maximum Gasteiger partial charge on any atom is 0.274 e. The van der Waals surface area contributed by atoms with Gasteiger partial charge >= 0.3 is 0 Å². The second-order valence-corrected chi connectivity index (χ2v) is 6.61. The molecule has 146 valence electrons. The minimum absolute atomic E-state index is 0.0796. The second kappa shape index (κ2) is 8.51.